The molecule has 8 heteroatoms. The van der Waals surface area contributed by atoms with Gasteiger partial charge in [-0.25, -0.2) is 8.42 Å². The Labute approximate surface area is 136 Å². The first-order valence-corrected chi connectivity index (χ1v) is 9.02. The number of hydrogen-bond acceptors (Lipinski definition) is 4. The third-order valence-electron chi connectivity index (χ3n) is 3.66. The zero-order chi connectivity index (χ0) is 17.0. The minimum Gasteiger partial charge on any atom is -0.355 e. The highest BCUT2D eigenvalue weighted by Gasteiger charge is 2.26. The van der Waals surface area contributed by atoms with Crippen molar-refractivity contribution in [3.63, 3.8) is 0 Å². The molecule has 1 heterocycles. The van der Waals surface area contributed by atoms with Gasteiger partial charge in [0.1, 0.15) is 0 Å². The zero-order valence-corrected chi connectivity index (χ0v) is 14.1. The molecule has 0 radical (unpaired) electrons. The number of amides is 2. The minimum atomic E-state index is -3.75. The summed E-state index contributed by atoms with van der Waals surface area (Å²) in [4.78, 5) is 23.2. The normalized spacial score (nSPS) is 14.3. The minimum absolute atomic E-state index is 0.0699. The molecule has 0 fully saturated rings. The quantitative estimate of drug-likeness (QED) is 0.798. The molecule has 1 aliphatic rings. The predicted octanol–water partition coefficient (Wildman–Crippen LogP) is 0.718. The standard InChI is InChI=1S/C15H21N3O4S/c1-3-16-15(20)10-18(4-2)23(21,22)12-6-7-13-11(9-12)5-8-14(19)17-13/h6-7,9H,3-5,8,10H2,1-2H3,(H,16,20)(H,17,19). The molecular formula is C15H21N3O4S. The maximum Gasteiger partial charge on any atom is 0.243 e. The van der Waals surface area contributed by atoms with Crippen LogP contribution in [0.1, 0.15) is 25.8 Å². The van der Waals surface area contributed by atoms with Gasteiger partial charge in [-0.3, -0.25) is 9.59 Å². The lowest BCUT2D eigenvalue weighted by atomic mass is 10.0. The molecule has 0 aliphatic carbocycles. The number of likely N-dealkylation sites (N-methyl/N-ethyl adjacent to an activating group) is 2. The molecule has 0 spiro atoms. The fourth-order valence-corrected chi connectivity index (χ4v) is 3.91. The topological polar surface area (TPSA) is 95.6 Å². The Morgan fingerprint density at radius 3 is 2.70 bits per heavy atom. The Kier molecular flexibility index (Phi) is 5.38. The van der Waals surface area contributed by atoms with Crippen LogP contribution in [0.2, 0.25) is 0 Å². The smallest absolute Gasteiger partial charge is 0.243 e. The van der Waals surface area contributed by atoms with Crippen LogP contribution in [0.3, 0.4) is 0 Å². The lowest BCUT2D eigenvalue weighted by molar-refractivity contribution is -0.121. The number of nitrogens with one attached hydrogen (secondary N) is 2. The SMILES string of the molecule is CCNC(=O)CN(CC)S(=O)(=O)c1ccc2c(c1)CCC(=O)N2. The summed E-state index contributed by atoms with van der Waals surface area (Å²) in [5.74, 6) is -0.400. The van der Waals surface area contributed by atoms with E-state index in [1.54, 1.807) is 26.0 Å². The molecule has 2 N–H and O–H groups in total. The molecule has 2 amide bonds. The molecule has 126 valence electrons. The summed E-state index contributed by atoms with van der Waals surface area (Å²) in [5.41, 5.74) is 1.44. The fourth-order valence-electron chi connectivity index (χ4n) is 2.45. The maximum absolute atomic E-state index is 12.7. The number of carbonyl (C=O) groups excluding carboxylic acids is 2. The van der Waals surface area contributed by atoms with Crippen molar-refractivity contribution in [3.05, 3.63) is 23.8 Å². The molecular weight excluding hydrogens is 318 g/mol. The number of anilines is 1. The summed E-state index contributed by atoms with van der Waals surface area (Å²) in [5, 5.41) is 5.32. The monoisotopic (exact) mass is 339 g/mol. The van der Waals surface area contributed by atoms with Crippen molar-refractivity contribution in [2.75, 3.05) is 25.0 Å². The molecule has 1 aromatic carbocycles. The Bertz CT molecular complexity index is 715. The summed E-state index contributed by atoms with van der Waals surface area (Å²) < 4.78 is 26.6. The van der Waals surface area contributed by atoms with Crippen molar-refractivity contribution in [3.8, 4) is 0 Å². The van der Waals surface area contributed by atoms with Gasteiger partial charge in [-0.15, -0.1) is 0 Å². The van der Waals surface area contributed by atoms with Gasteiger partial charge in [-0.2, -0.15) is 4.31 Å². The van der Waals surface area contributed by atoms with E-state index in [2.05, 4.69) is 10.6 Å². The van der Waals surface area contributed by atoms with Crippen LogP contribution >= 0.6 is 0 Å². The number of fused-ring (bicyclic) bond motifs is 1. The summed E-state index contributed by atoms with van der Waals surface area (Å²) >= 11 is 0. The van der Waals surface area contributed by atoms with E-state index in [1.807, 2.05) is 0 Å². The average Bonchev–Trinajstić information content (AvgIpc) is 2.52. The number of hydrogen-bond donors (Lipinski definition) is 2. The van der Waals surface area contributed by atoms with Crippen LogP contribution in [-0.2, 0) is 26.0 Å². The van der Waals surface area contributed by atoms with Crippen molar-refractivity contribution >= 4 is 27.5 Å². The van der Waals surface area contributed by atoms with Crippen molar-refractivity contribution in [1.82, 2.24) is 9.62 Å². The average molecular weight is 339 g/mol. The Morgan fingerprint density at radius 2 is 2.04 bits per heavy atom. The summed E-state index contributed by atoms with van der Waals surface area (Å²) in [6, 6.07) is 4.63. The van der Waals surface area contributed by atoms with Crippen LogP contribution in [0, 0.1) is 0 Å². The molecule has 1 aliphatic heterocycles. The van der Waals surface area contributed by atoms with Crippen molar-refractivity contribution < 1.29 is 18.0 Å². The Morgan fingerprint density at radius 1 is 1.30 bits per heavy atom. The third kappa shape index (κ3) is 3.89. The first-order chi connectivity index (χ1) is 10.9. The van der Waals surface area contributed by atoms with Gasteiger partial charge in [0.15, 0.2) is 0 Å². The first kappa shape index (κ1) is 17.4. The number of aryl methyl sites for hydroxylation is 1. The van der Waals surface area contributed by atoms with E-state index in [0.717, 1.165) is 9.87 Å². The van der Waals surface area contributed by atoms with Gasteiger partial charge in [0.05, 0.1) is 11.4 Å². The van der Waals surface area contributed by atoms with Crippen molar-refractivity contribution in [2.24, 2.45) is 0 Å². The Hall–Kier alpha value is -1.93. The number of rotatable bonds is 6. The number of sulfonamides is 1. The van der Waals surface area contributed by atoms with Gasteiger partial charge in [-0.05, 0) is 37.1 Å². The molecule has 2 rings (SSSR count). The van der Waals surface area contributed by atoms with Crippen molar-refractivity contribution in [2.45, 2.75) is 31.6 Å². The molecule has 0 saturated carbocycles. The molecule has 0 atom stereocenters. The molecule has 0 aromatic heterocycles. The molecule has 0 bridgehead atoms. The number of carbonyl (C=O) groups is 2. The van der Waals surface area contributed by atoms with Crippen molar-refractivity contribution in [1.29, 1.82) is 0 Å². The third-order valence-corrected chi connectivity index (χ3v) is 5.57. The van der Waals surface area contributed by atoms with Crippen LogP contribution in [0.5, 0.6) is 0 Å². The summed E-state index contributed by atoms with van der Waals surface area (Å²) in [6.45, 7) is 3.92. The predicted molar refractivity (Wildman–Crippen MR) is 86.5 cm³/mol. The van der Waals surface area contributed by atoms with E-state index >= 15 is 0 Å². The van der Waals surface area contributed by atoms with E-state index in [4.69, 9.17) is 0 Å². The van der Waals surface area contributed by atoms with Crippen LogP contribution in [0.15, 0.2) is 23.1 Å². The van der Waals surface area contributed by atoms with E-state index in [-0.39, 0.29) is 29.8 Å². The van der Waals surface area contributed by atoms with E-state index in [0.29, 0.717) is 25.1 Å². The van der Waals surface area contributed by atoms with E-state index in [1.165, 1.54) is 6.07 Å². The van der Waals surface area contributed by atoms with Gasteiger partial charge in [0.2, 0.25) is 21.8 Å². The molecule has 1 aromatic rings. The highest BCUT2D eigenvalue weighted by molar-refractivity contribution is 7.89. The maximum atomic E-state index is 12.7. The number of nitrogens with zero attached hydrogens (tertiary/aromatic N) is 1. The fraction of sp³-hybridized carbons (Fsp3) is 0.467. The second-order valence-corrected chi connectivity index (χ2v) is 7.19. The van der Waals surface area contributed by atoms with Crippen LogP contribution in [0.25, 0.3) is 0 Å². The lowest BCUT2D eigenvalue weighted by Crippen LogP contribution is -2.40. The zero-order valence-electron chi connectivity index (χ0n) is 13.3. The Balaban J connectivity index is 2.27. The van der Waals surface area contributed by atoms with Crippen LogP contribution < -0.4 is 10.6 Å². The first-order valence-electron chi connectivity index (χ1n) is 7.58. The van der Waals surface area contributed by atoms with E-state index < -0.39 is 10.0 Å². The molecule has 23 heavy (non-hydrogen) atoms. The van der Waals surface area contributed by atoms with Crippen LogP contribution in [0.4, 0.5) is 5.69 Å². The van der Waals surface area contributed by atoms with Gasteiger partial charge in [0, 0.05) is 25.2 Å². The van der Waals surface area contributed by atoms with Gasteiger partial charge < -0.3 is 10.6 Å². The van der Waals surface area contributed by atoms with Crippen LogP contribution in [-0.4, -0.2) is 44.2 Å². The second kappa shape index (κ2) is 7.10. The van der Waals surface area contributed by atoms with E-state index in [9.17, 15) is 18.0 Å². The highest BCUT2D eigenvalue weighted by atomic mass is 32.2. The van der Waals surface area contributed by atoms with Gasteiger partial charge in [-0.1, -0.05) is 6.92 Å². The van der Waals surface area contributed by atoms with Gasteiger partial charge >= 0.3 is 0 Å². The van der Waals surface area contributed by atoms with Gasteiger partial charge in [0.25, 0.3) is 0 Å². The molecule has 0 saturated heterocycles. The summed E-state index contributed by atoms with van der Waals surface area (Å²) in [7, 11) is -3.75. The second-order valence-electron chi connectivity index (χ2n) is 5.25. The lowest BCUT2D eigenvalue weighted by Gasteiger charge is -2.22. The molecule has 7 nitrogen and oxygen atoms in total. The molecule has 0 unspecified atom stereocenters. The highest BCUT2D eigenvalue weighted by Crippen LogP contribution is 2.26. The number of benzene rings is 1. The largest absolute Gasteiger partial charge is 0.355 e. The summed E-state index contributed by atoms with van der Waals surface area (Å²) in [6.07, 6.45) is 0.847.